The van der Waals surface area contributed by atoms with Crippen LogP contribution in [0.1, 0.15) is 25.0 Å². The van der Waals surface area contributed by atoms with Crippen LogP contribution < -0.4 is 10.6 Å². The number of aromatic amines is 1. The topological polar surface area (TPSA) is 165 Å². The predicted molar refractivity (Wildman–Crippen MR) is 96.3 cm³/mol. The fourth-order valence-corrected chi connectivity index (χ4v) is 3.46. The highest BCUT2D eigenvalue weighted by Gasteiger charge is 2.40. The van der Waals surface area contributed by atoms with Gasteiger partial charge < -0.3 is 25.6 Å². The molecule has 4 N–H and O–H groups in total. The number of carboxylic acid groups (broad SMARTS) is 1. The summed E-state index contributed by atoms with van der Waals surface area (Å²) in [7, 11) is 1.30. The van der Waals surface area contributed by atoms with E-state index >= 15 is 0 Å². The molecule has 2 aliphatic heterocycles. The van der Waals surface area contributed by atoms with Gasteiger partial charge in [-0.1, -0.05) is 0 Å². The van der Waals surface area contributed by atoms with Crippen molar-refractivity contribution in [2.45, 2.75) is 43.8 Å². The first-order valence-corrected chi connectivity index (χ1v) is 9.16. The van der Waals surface area contributed by atoms with E-state index in [1.807, 2.05) is 0 Å². The number of amides is 5. The number of H-pyrrole nitrogens is 1. The lowest BCUT2D eigenvalue weighted by atomic mass is 10.1. The Hall–Kier alpha value is -3.44. The molecule has 3 heterocycles. The summed E-state index contributed by atoms with van der Waals surface area (Å²) < 4.78 is 0. The van der Waals surface area contributed by atoms with Crippen molar-refractivity contribution in [3.05, 3.63) is 18.2 Å². The number of nitrogens with one attached hydrogen (secondary N) is 3. The van der Waals surface area contributed by atoms with E-state index in [1.165, 1.54) is 24.5 Å². The van der Waals surface area contributed by atoms with Crippen LogP contribution in [0.25, 0.3) is 0 Å². The lowest BCUT2D eigenvalue weighted by Gasteiger charge is -2.31. The summed E-state index contributed by atoms with van der Waals surface area (Å²) in [6.07, 6.45) is 3.62. The van der Waals surface area contributed by atoms with Crippen LogP contribution in [0, 0.1) is 0 Å². The number of carbonyl (C=O) groups is 5. The summed E-state index contributed by atoms with van der Waals surface area (Å²) in [5, 5.41) is 14.3. The summed E-state index contributed by atoms with van der Waals surface area (Å²) in [5.74, 6) is -2.85. The minimum Gasteiger partial charge on any atom is -0.480 e. The van der Waals surface area contributed by atoms with Crippen LogP contribution in [0.15, 0.2) is 12.5 Å². The van der Waals surface area contributed by atoms with Crippen molar-refractivity contribution in [3.63, 3.8) is 0 Å². The van der Waals surface area contributed by atoms with Crippen LogP contribution in [0.4, 0.5) is 4.79 Å². The summed E-state index contributed by atoms with van der Waals surface area (Å²) in [6, 6.07) is -3.84. The Bertz CT molecular complexity index is 806. The molecule has 0 unspecified atom stereocenters. The molecule has 0 aromatic carbocycles. The third kappa shape index (κ3) is 4.36. The number of imide groups is 1. The molecule has 156 valence electrons. The summed E-state index contributed by atoms with van der Waals surface area (Å²) in [5.41, 5.74) is 0.568. The van der Waals surface area contributed by atoms with Gasteiger partial charge in [0, 0.05) is 31.9 Å². The molecular weight excluding hydrogens is 384 g/mol. The number of nitrogens with zero attached hydrogens (tertiary/aromatic N) is 3. The van der Waals surface area contributed by atoms with Crippen molar-refractivity contribution in [3.8, 4) is 0 Å². The standard InChI is InChI=1S/C17H22N6O6/c1-22-13(24)6-10(21-17(22)29)14(25)20-11(5-9-7-18-8-19-9)15(26)23-4-2-3-12(23)16(27)28/h7-8,10-12H,2-6H2,1H3,(H,18,19)(H,20,25)(H,21,29)(H,27,28)/t10-,11-,12-/m0/s1. The number of imidazole rings is 1. The van der Waals surface area contributed by atoms with E-state index in [9.17, 15) is 29.1 Å². The van der Waals surface area contributed by atoms with Gasteiger partial charge in [0.1, 0.15) is 18.1 Å². The maximum absolute atomic E-state index is 13.0. The zero-order chi connectivity index (χ0) is 21.1. The monoisotopic (exact) mass is 406 g/mol. The highest BCUT2D eigenvalue weighted by Crippen LogP contribution is 2.19. The fraction of sp³-hybridized carbons (Fsp3) is 0.529. The minimum atomic E-state index is -1.11. The van der Waals surface area contributed by atoms with Gasteiger partial charge in [0.15, 0.2) is 0 Å². The van der Waals surface area contributed by atoms with Gasteiger partial charge in [0.05, 0.1) is 12.7 Å². The Balaban J connectivity index is 1.76. The largest absolute Gasteiger partial charge is 0.480 e. The number of hydrogen-bond donors (Lipinski definition) is 4. The molecule has 5 amide bonds. The smallest absolute Gasteiger partial charge is 0.326 e. The number of urea groups is 1. The number of carboxylic acids is 1. The van der Waals surface area contributed by atoms with Crippen LogP contribution in [-0.4, -0.2) is 86.3 Å². The van der Waals surface area contributed by atoms with Crippen molar-refractivity contribution >= 4 is 29.7 Å². The number of aliphatic carboxylic acids is 1. The van der Waals surface area contributed by atoms with Crippen LogP contribution in [-0.2, 0) is 25.6 Å². The normalized spacial score (nSPS) is 22.9. The zero-order valence-corrected chi connectivity index (χ0v) is 15.8. The molecule has 1 aromatic heterocycles. The van der Waals surface area contributed by atoms with E-state index in [4.69, 9.17) is 0 Å². The predicted octanol–water partition coefficient (Wildman–Crippen LogP) is -1.55. The maximum Gasteiger partial charge on any atom is 0.326 e. The average Bonchev–Trinajstić information content (AvgIpc) is 3.36. The highest BCUT2D eigenvalue weighted by atomic mass is 16.4. The molecule has 2 fully saturated rings. The first-order chi connectivity index (χ1) is 13.8. The lowest BCUT2D eigenvalue weighted by Crippen LogP contribution is -2.61. The second-order valence-electron chi connectivity index (χ2n) is 7.03. The third-order valence-corrected chi connectivity index (χ3v) is 5.09. The van der Waals surface area contributed by atoms with Gasteiger partial charge in [0.2, 0.25) is 17.7 Å². The molecular formula is C17H22N6O6. The van der Waals surface area contributed by atoms with Crippen LogP contribution in [0.5, 0.6) is 0 Å². The van der Waals surface area contributed by atoms with Crippen LogP contribution in [0.2, 0.25) is 0 Å². The van der Waals surface area contributed by atoms with Crippen molar-refractivity contribution in [2.24, 2.45) is 0 Å². The molecule has 2 saturated heterocycles. The molecule has 29 heavy (non-hydrogen) atoms. The Labute approximate surface area is 165 Å². The van der Waals surface area contributed by atoms with Gasteiger partial charge in [-0.15, -0.1) is 0 Å². The Morgan fingerprint density at radius 1 is 1.38 bits per heavy atom. The molecule has 0 spiro atoms. The van der Waals surface area contributed by atoms with E-state index < -0.39 is 47.8 Å². The number of likely N-dealkylation sites (tertiary alicyclic amines) is 1. The zero-order valence-electron chi connectivity index (χ0n) is 15.8. The molecule has 0 bridgehead atoms. The SMILES string of the molecule is CN1C(=O)C[C@@H](C(=O)N[C@@H](Cc2cnc[nH]2)C(=O)N2CCC[C@H]2C(=O)O)NC1=O. The molecule has 3 atom stereocenters. The van der Waals surface area contributed by atoms with Crippen molar-refractivity contribution < 1.29 is 29.1 Å². The third-order valence-electron chi connectivity index (χ3n) is 5.09. The van der Waals surface area contributed by atoms with Gasteiger partial charge in [-0.25, -0.2) is 14.6 Å². The summed E-state index contributed by atoms with van der Waals surface area (Å²) in [6.45, 7) is 0.272. The van der Waals surface area contributed by atoms with E-state index in [1.54, 1.807) is 0 Å². The van der Waals surface area contributed by atoms with Gasteiger partial charge in [-0.05, 0) is 12.8 Å². The molecule has 0 radical (unpaired) electrons. The minimum absolute atomic E-state index is 0.0575. The fourth-order valence-electron chi connectivity index (χ4n) is 3.46. The van der Waals surface area contributed by atoms with Crippen molar-refractivity contribution in [1.29, 1.82) is 0 Å². The molecule has 12 heteroatoms. The average molecular weight is 406 g/mol. The number of hydrogen-bond acceptors (Lipinski definition) is 6. The second-order valence-corrected chi connectivity index (χ2v) is 7.03. The van der Waals surface area contributed by atoms with Crippen molar-refractivity contribution in [2.75, 3.05) is 13.6 Å². The first kappa shape index (κ1) is 20.3. The Morgan fingerprint density at radius 2 is 2.14 bits per heavy atom. The molecule has 0 saturated carbocycles. The highest BCUT2D eigenvalue weighted by molar-refractivity contribution is 6.03. The van der Waals surface area contributed by atoms with E-state index in [2.05, 4.69) is 20.6 Å². The molecule has 12 nitrogen and oxygen atoms in total. The van der Waals surface area contributed by atoms with Gasteiger partial charge in [0.25, 0.3) is 0 Å². The second kappa shape index (κ2) is 8.29. The van der Waals surface area contributed by atoms with Gasteiger partial charge in [-0.3, -0.25) is 19.3 Å². The van der Waals surface area contributed by atoms with Gasteiger partial charge in [-0.2, -0.15) is 0 Å². The number of carbonyl (C=O) groups excluding carboxylic acids is 4. The number of rotatable bonds is 6. The Kier molecular flexibility index (Phi) is 5.80. The molecule has 1 aromatic rings. The van der Waals surface area contributed by atoms with Crippen molar-refractivity contribution in [1.82, 2.24) is 30.4 Å². The molecule has 0 aliphatic carbocycles. The first-order valence-electron chi connectivity index (χ1n) is 9.16. The van der Waals surface area contributed by atoms with Gasteiger partial charge >= 0.3 is 12.0 Å². The molecule has 3 rings (SSSR count). The van der Waals surface area contributed by atoms with E-state index in [-0.39, 0.29) is 19.4 Å². The molecule has 2 aliphatic rings. The maximum atomic E-state index is 13.0. The number of aromatic nitrogens is 2. The Morgan fingerprint density at radius 3 is 2.76 bits per heavy atom. The lowest BCUT2D eigenvalue weighted by molar-refractivity contribution is -0.149. The van der Waals surface area contributed by atoms with E-state index in [0.29, 0.717) is 18.5 Å². The van der Waals surface area contributed by atoms with E-state index in [0.717, 1.165) is 4.90 Å². The quantitative estimate of drug-likeness (QED) is 0.444. The van der Waals surface area contributed by atoms with Crippen LogP contribution >= 0.6 is 0 Å². The van der Waals surface area contributed by atoms with Crippen LogP contribution in [0.3, 0.4) is 0 Å². The summed E-state index contributed by atoms with van der Waals surface area (Å²) in [4.78, 5) is 69.6. The summed E-state index contributed by atoms with van der Waals surface area (Å²) >= 11 is 0.